The van der Waals surface area contributed by atoms with Gasteiger partial charge in [-0.3, -0.25) is 14.5 Å². The first-order valence-corrected chi connectivity index (χ1v) is 13.7. The quantitative estimate of drug-likeness (QED) is 0.644. The van der Waals surface area contributed by atoms with Gasteiger partial charge in [0.15, 0.2) is 0 Å². The normalized spacial score (nSPS) is 18.8. The number of hydrogen-bond donors (Lipinski definition) is 2. The maximum atomic E-state index is 13.1. The zero-order valence-corrected chi connectivity index (χ0v) is 20.1. The molecule has 3 aliphatic rings. The van der Waals surface area contributed by atoms with Crippen molar-refractivity contribution in [2.24, 2.45) is 5.73 Å². The highest BCUT2D eigenvalue weighted by Gasteiger charge is 2.31. The molecule has 2 aromatic rings. The summed E-state index contributed by atoms with van der Waals surface area (Å²) in [6, 6.07) is 5.48. The number of carbonyl (C=O) groups is 2. The highest BCUT2D eigenvalue weighted by atomic mass is 32.2. The van der Waals surface area contributed by atoms with Gasteiger partial charge in [-0.15, -0.1) is 11.3 Å². The van der Waals surface area contributed by atoms with Crippen LogP contribution in [-0.4, -0.2) is 62.2 Å². The second-order valence-corrected chi connectivity index (χ2v) is 12.0. The summed E-state index contributed by atoms with van der Waals surface area (Å²) < 4.78 is 27.7. The van der Waals surface area contributed by atoms with E-state index in [0.717, 1.165) is 54.5 Å². The molecule has 0 unspecified atom stereocenters. The number of nitrogens with one attached hydrogen (secondary N) is 1. The lowest BCUT2D eigenvalue weighted by Crippen LogP contribution is -2.50. The number of nitrogens with two attached hydrogens (primary N) is 1. The lowest BCUT2D eigenvalue weighted by molar-refractivity contribution is -0.117. The molecule has 5 rings (SSSR count). The van der Waals surface area contributed by atoms with Crippen LogP contribution in [0.25, 0.3) is 0 Å². The first kappa shape index (κ1) is 22.5. The molecule has 176 valence electrons. The maximum Gasteiger partial charge on any atom is 0.251 e. The predicted molar refractivity (Wildman–Crippen MR) is 127 cm³/mol. The van der Waals surface area contributed by atoms with Crippen molar-refractivity contribution in [3.8, 4) is 0 Å². The Hall–Kier alpha value is -2.27. The van der Waals surface area contributed by atoms with Crippen LogP contribution >= 0.6 is 11.3 Å². The number of aryl methyl sites for hydroxylation is 3. The van der Waals surface area contributed by atoms with Crippen molar-refractivity contribution >= 4 is 38.2 Å². The average molecular weight is 489 g/mol. The van der Waals surface area contributed by atoms with Crippen molar-refractivity contribution < 1.29 is 18.0 Å². The van der Waals surface area contributed by atoms with Crippen LogP contribution < -0.4 is 11.1 Å². The molecule has 2 amide bonds. The summed E-state index contributed by atoms with van der Waals surface area (Å²) >= 11 is 1.44. The van der Waals surface area contributed by atoms with E-state index in [1.807, 2.05) is 17.0 Å². The molecule has 0 bridgehead atoms. The Morgan fingerprint density at radius 1 is 1.00 bits per heavy atom. The standard InChI is InChI=1S/C23H28N4O4S2/c24-22(29)21-18-5-2-6-19(18)32-23(21)25-20(28)14-26-9-11-27(12-10-26)33(30,31)17-8-7-15-3-1-4-16(15)13-17/h7-8,13H,1-6,9-12,14H2,(H2,24,29)(H,25,28). The summed E-state index contributed by atoms with van der Waals surface area (Å²) in [5, 5.41) is 3.40. The lowest BCUT2D eigenvalue weighted by Gasteiger charge is -2.33. The molecule has 0 spiro atoms. The molecule has 3 N–H and O–H groups in total. The Balaban J connectivity index is 1.19. The van der Waals surface area contributed by atoms with Gasteiger partial charge in [0.2, 0.25) is 15.9 Å². The number of hydrogen-bond acceptors (Lipinski definition) is 6. The molecule has 1 saturated heterocycles. The Labute approximate surface area is 197 Å². The summed E-state index contributed by atoms with van der Waals surface area (Å²) in [6.45, 7) is 1.77. The van der Waals surface area contributed by atoms with Gasteiger partial charge in [0.1, 0.15) is 5.00 Å². The minimum absolute atomic E-state index is 0.146. The van der Waals surface area contributed by atoms with Gasteiger partial charge in [-0.25, -0.2) is 8.42 Å². The highest BCUT2D eigenvalue weighted by molar-refractivity contribution is 7.89. The molecule has 0 saturated carbocycles. The van der Waals surface area contributed by atoms with E-state index in [1.165, 1.54) is 21.2 Å². The van der Waals surface area contributed by atoms with Crippen molar-refractivity contribution in [3.63, 3.8) is 0 Å². The summed E-state index contributed by atoms with van der Waals surface area (Å²) in [7, 11) is -3.54. The van der Waals surface area contributed by atoms with E-state index in [0.29, 0.717) is 41.6 Å². The molecular weight excluding hydrogens is 460 g/mol. The fourth-order valence-electron chi connectivity index (χ4n) is 5.11. The van der Waals surface area contributed by atoms with Crippen molar-refractivity contribution in [2.75, 3.05) is 38.0 Å². The Morgan fingerprint density at radius 2 is 1.73 bits per heavy atom. The minimum Gasteiger partial charge on any atom is -0.365 e. The van der Waals surface area contributed by atoms with Crippen molar-refractivity contribution in [1.82, 2.24) is 9.21 Å². The number of anilines is 1. The topological polar surface area (TPSA) is 113 Å². The van der Waals surface area contributed by atoms with Gasteiger partial charge in [-0.1, -0.05) is 6.07 Å². The summed E-state index contributed by atoms with van der Waals surface area (Å²) in [5.74, 6) is -0.720. The number of amides is 2. The first-order valence-electron chi connectivity index (χ1n) is 11.4. The maximum absolute atomic E-state index is 13.1. The lowest BCUT2D eigenvalue weighted by atomic mass is 10.1. The zero-order chi connectivity index (χ0) is 23.2. The van der Waals surface area contributed by atoms with Gasteiger partial charge in [0.25, 0.3) is 5.91 Å². The molecular formula is C23H28N4O4S2. The van der Waals surface area contributed by atoms with E-state index in [-0.39, 0.29) is 12.5 Å². The van der Waals surface area contributed by atoms with Crippen LogP contribution in [0.3, 0.4) is 0 Å². The van der Waals surface area contributed by atoms with E-state index in [1.54, 1.807) is 6.07 Å². The van der Waals surface area contributed by atoms with Crippen LogP contribution in [0, 0.1) is 0 Å². The Bertz CT molecular complexity index is 1210. The van der Waals surface area contributed by atoms with Crippen molar-refractivity contribution in [3.05, 3.63) is 45.3 Å². The molecule has 1 aromatic heterocycles. The number of fused-ring (bicyclic) bond motifs is 2. The van der Waals surface area contributed by atoms with E-state index in [4.69, 9.17) is 5.73 Å². The van der Waals surface area contributed by atoms with Crippen LogP contribution in [0.5, 0.6) is 0 Å². The van der Waals surface area contributed by atoms with E-state index in [9.17, 15) is 18.0 Å². The van der Waals surface area contributed by atoms with Crippen LogP contribution in [0.4, 0.5) is 5.00 Å². The third kappa shape index (κ3) is 4.32. The number of primary amides is 1. The molecule has 1 fully saturated rings. The van der Waals surface area contributed by atoms with Gasteiger partial charge < -0.3 is 11.1 Å². The van der Waals surface area contributed by atoms with Gasteiger partial charge in [0, 0.05) is 31.1 Å². The second-order valence-electron chi connectivity index (χ2n) is 8.94. The number of sulfonamides is 1. The van der Waals surface area contributed by atoms with Crippen LogP contribution in [0.15, 0.2) is 23.1 Å². The van der Waals surface area contributed by atoms with Crippen LogP contribution in [0.1, 0.15) is 44.8 Å². The average Bonchev–Trinajstić information content (AvgIpc) is 3.49. The predicted octanol–water partition coefficient (Wildman–Crippen LogP) is 1.77. The van der Waals surface area contributed by atoms with Crippen LogP contribution in [0.2, 0.25) is 0 Å². The van der Waals surface area contributed by atoms with E-state index in [2.05, 4.69) is 5.32 Å². The molecule has 2 aliphatic carbocycles. The van der Waals surface area contributed by atoms with Gasteiger partial charge in [-0.05, 0) is 67.3 Å². The third-order valence-electron chi connectivity index (χ3n) is 6.83. The molecule has 2 heterocycles. The van der Waals surface area contributed by atoms with Gasteiger partial charge in [-0.2, -0.15) is 4.31 Å². The minimum atomic E-state index is -3.54. The van der Waals surface area contributed by atoms with E-state index >= 15 is 0 Å². The molecule has 1 aliphatic heterocycles. The largest absolute Gasteiger partial charge is 0.365 e. The number of rotatable bonds is 6. The van der Waals surface area contributed by atoms with Gasteiger partial charge >= 0.3 is 0 Å². The molecule has 8 nitrogen and oxygen atoms in total. The molecule has 0 atom stereocenters. The summed E-state index contributed by atoms with van der Waals surface area (Å²) in [6.07, 6.45) is 5.78. The molecule has 0 radical (unpaired) electrons. The van der Waals surface area contributed by atoms with Crippen molar-refractivity contribution in [1.29, 1.82) is 0 Å². The Morgan fingerprint density at radius 3 is 2.48 bits per heavy atom. The van der Waals surface area contributed by atoms with E-state index < -0.39 is 15.9 Å². The summed E-state index contributed by atoms with van der Waals surface area (Å²) in [5.41, 5.74) is 9.39. The first-order chi connectivity index (χ1) is 15.8. The third-order valence-corrected chi connectivity index (χ3v) is 9.93. The smallest absolute Gasteiger partial charge is 0.251 e. The SMILES string of the molecule is NC(=O)c1c(NC(=O)CN2CCN(S(=O)(=O)c3ccc4c(c3)CCC4)CC2)sc2c1CCC2. The molecule has 10 heteroatoms. The van der Waals surface area contributed by atoms with Crippen molar-refractivity contribution in [2.45, 2.75) is 43.4 Å². The monoisotopic (exact) mass is 488 g/mol. The number of thiophene rings is 1. The van der Waals surface area contributed by atoms with Gasteiger partial charge in [0.05, 0.1) is 17.0 Å². The number of piperazine rings is 1. The fourth-order valence-corrected chi connectivity index (χ4v) is 7.89. The number of benzene rings is 1. The van der Waals surface area contributed by atoms with Crippen LogP contribution in [-0.2, 0) is 40.5 Å². The molecule has 33 heavy (non-hydrogen) atoms. The number of nitrogens with zero attached hydrogens (tertiary/aromatic N) is 2. The Kier molecular flexibility index (Phi) is 6.02. The molecule has 1 aromatic carbocycles. The zero-order valence-electron chi connectivity index (χ0n) is 18.4. The second kappa shape index (κ2) is 8.83. The number of carbonyl (C=O) groups excluding carboxylic acids is 2. The fraction of sp³-hybridized carbons (Fsp3) is 0.478. The highest BCUT2D eigenvalue weighted by Crippen LogP contribution is 2.38. The summed E-state index contributed by atoms with van der Waals surface area (Å²) in [4.78, 5) is 28.0.